The van der Waals surface area contributed by atoms with Gasteiger partial charge in [-0.25, -0.2) is 0 Å². The molecule has 4 aromatic rings. The Morgan fingerprint density at radius 1 is 0.632 bits per heavy atom. The quantitative estimate of drug-likeness (QED) is 0.184. The monoisotopic (exact) mass is 548 g/mol. The third-order valence-corrected chi connectivity index (χ3v) is 7.71. The van der Waals surface area contributed by atoms with Gasteiger partial charge < -0.3 is 0 Å². The molecule has 4 rings (SSSR count). The fourth-order valence-corrected chi connectivity index (χ4v) is 5.11. The molecule has 0 aliphatic rings. The summed E-state index contributed by atoms with van der Waals surface area (Å²) in [7, 11) is -8.27. The molecule has 0 saturated carbocycles. The van der Waals surface area contributed by atoms with Crippen molar-refractivity contribution in [2.45, 2.75) is 22.1 Å². The largest absolute Gasteiger partial charge is 0.358 e. The molecule has 0 N–H and O–H groups in total. The number of rotatable bonds is 11. The van der Waals surface area contributed by atoms with Crippen LogP contribution in [0.4, 0.5) is 0 Å². The maximum atomic E-state index is 12.8. The minimum atomic E-state index is -4.18. The molecule has 0 bridgehead atoms. The summed E-state index contributed by atoms with van der Waals surface area (Å²) in [5.41, 5.74) is 1.72. The molecule has 10 heteroatoms. The van der Waals surface area contributed by atoms with Crippen molar-refractivity contribution in [1.82, 2.24) is 0 Å². The molecule has 0 heterocycles. The minimum absolute atomic E-state index is 0.0252. The first-order valence-electron chi connectivity index (χ1n) is 11.5. The van der Waals surface area contributed by atoms with Crippen molar-refractivity contribution in [1.29, 1.82) is 0 Å². The summed E-state index contributed by atoms with van der Waals surface area (Å²) in [5, 5.41) is 7.79. The summed E-state index contributed by atoms with van der Waals surface area (Å²) in [6.45, 7) is 0. The van der Waals surface area contributed by atoms with E-state index in [-0.39, 0.29) is 16.2 Å². The maximum Gasteiger partial charge on any atom is 0.358 e. The first-order valence-corrected chi connectivity index (χ1v) is 14.4. The summed E-state index contributed by atoms with van der Waals surface area (Å²) in [4.78, 5) is -0.0590. The Morgan fingerprint density at radius 2 is 1.08 bits per heavy atom. The molecule has 1 atom stereocenters. The number of benzene rings is 4. The molecule has 8 nitrogen and oxygen atoms in total. The lowest BCUT2D eigenvalue weighted by Gasteiger charge is -2.18. The van der Waals surface area contributed by atoms with Gasteiger partial charge in [0.05, 0.1) is 5.71 Å². The second-order valence-corrected chi connectivity index (χ2v) is 11.1. The molecule has 4 aromatic carbocycles. The molecule has 0 amide bonds. The van der Waals surface area contributed by atoms with Crippen LogP contribution in [0, 0.1) is 0 Å². The SMILES string of the molecule is O=S(=O)(ON=CCC(C(=NOS(=O)(=O)c1ccccc1)c1ccccc1)c1ccccc1)c1ccccc1. The van der Waals surface area contributed by atoms with Crippen LogP contribution < -0.4 is 0 Å². The number of hydrogen-bond acceptors (Lipinski definition) is 8. The molecule has 194 valence electrons. The molecule has 0 fully saturated rings. The summed E-state index contributed by atoms with van der Waals surface area (Å²) in [6.07, 6.45) is 1.44. The van der Waals surface area contributed by atoms with E-state index in [2.05, 4.69) is 10.3 Å². The van der Waals surface area contributed by atoms with Gasteiger partial charge >= 0.3 is 20.2 Å². The highest BCUT2D eigenvalue weighted by Crippen LogP contribution is 2.26. The van der Waals surface area contributed by atoms with Crippen molar-refractivity contribution in [2.24, 2.45) is 10.3 Å². The lowest BCUT2D eigenvalue weighted by Crippen LogP contribution is -2.17. The predicted molar refractivity (Wildman–Crippen MR) is 145 cm³/mol. The van der Waals surface area contributed by atoms with E-state index < -0.39 is 26.2 Å². The molecule has 1 unspecified atom stereocenters. The molecule has 38 heavy (non-hydrogen) atoms. The summed E-state index contributed by atoms with van der Waals surface area (Å²) in [5.74, 6) is -0.545. The molecule has 0 aromatic heterocycles. The Hall–Kier alpha value is -4.28. The van der Waals surface area contributed by atoms with Crippen LogP contribution in [0.3, 0.4) is 0 Å². The van der Waals surface area contributed by atoms with E-state index in [1.807, 2.05) is 36.4 Å². The average molecular weight is 549 g/mol. The van der Waals surface area contributed by atoms with Crippen LogP contribution in [0.2, 0.25) is 0 Å². The normalized spacial score (nSPS) is 13.2. The molecule has 0 radical (unpaired) electrons. The van der Waals surface area contributed by atoms with Gasteiger partial charge in [0.15, 0.2) is 0 Å². The lowest BCUT2D eigenvalue weighted by molar-refractivity contribution is 0.335. The van der Waals surface area contributed by atoms with Crippen molar-refractivity contribution in [3.05, 3.63) is 132 Å². The van der Waals surface area contributed by atoms with E-state index in [0.29, 0.717) is 11.3 Å². The Labute approximate surface area is 222 Å². The number of hydrogen-bond donors (Lipinski definition) is 0. The molecule has 0 aliphatic carbocycles. The van der Waals surface area contributed by atoms with Gasteiger partial charge in [0.25, 0.3) is 0 Å². The standard InChI is InChI=1S/C28H24N2O6S2/c31-37(32,25-17-9-3-10-18-25)35-29-22-21-27(23-13-5-1-6-14-23)28(24-15-7-2-8-16-24)30-36-38(33,34)26-19-11-4-12-20-26/h1-20,22,27H,21H2. The van der Waals surface area contributed by atoms with Gasteiger partial charge in [-0.1, -0.05) is 107 Å². The van der Waals surface area contributed by atoms with Crippen molar-refractivity contribution in [3.63, 3.8) is 0 Å². The van der Waals surface area contributed by atoms with Gasteiger partial charge in [-0.3, -0.25) is 8.57 Å². The highest BCUT2D eigenvalue weighted by Gasteiger charge is 2.23. The van der Waals surface area contributed by atoms with E-state index in [1.54, 1.807) is 60.7 Å². The molecule has 0 aliphatic heterocycles. The van der Waals surface area contributed by atoms with Gasteiger partial charge in [-0.05, 0) is 36.2 Å². The van der Waals surface area contributed by atoms with E-state index in [9.17, 15) is 16.8 Å². The first-order chi connectivity index (χ1) is 18.4. The van der Waals surface area contributed by atoms with Crippen LogP contribution >= 0.6 is 0 Å². The fourth-order valence-electron chi connectivity index (χ4n) is 3.60. The summed E-state index contributed by atoms with van der Waals surface area (Å²) in [6, 6.07) is 33.6. The zero-order valence-corrected chi connectivity index (χ0v) is 21.7. The minimum Gasteiger partial charge on any atom is -0.265 e. The van der Waals surface area contributed by atoms with E-state index >= 15 is 0 Å². The molecule has 0 saturated heterocycles. The second kappa shape index (κ2) is 12.3. The van der Waals surface area contributed by atoms with Crippen LogP contribution in [0.1, 0.15) is 23.5 Å². The summed E-state index contributed by atoms with van der Waals surface area (Å²) >= 11 is 0. The third kappa shape index (κ3) is 6.93. The van der Waals surface area contributed by atoms with Crippen molar-refractivity contribution in [3.8, 4) is 0 Å². The first kappa shape index (κ1) is 26.8. The maximum absolute atomic E-state index is 12.8. The molecular formula is C28H24N2O6S2. The zero-order valence-electron chi connectivity index (χ0n) is 20.1. The molecule has 0 spiro atoms. The number of oxime groups is 2. The van der Waals surface area contributed by atoms with E-state index in [1.165, 1.54) is 30.5 Å². The Balaban J connectivity index is 1.66. The second-order valence-electron chi connectivity index (χ2n) is 8.01. The predicted octanol–water partition coefficient (Wildman–Crippen LogP) is 5.36. The van der Waals surface area contributed by atoms with Crippen molar-refractivity contribution in [2.75, 3.05) is 0 Å². The van der Waals surface area contributed by atoms with E-state index in [4.69, 9.17) is 8.57 Å². The number of nitrogens with zero attached hydrogens (tertiary/aromatic N) is 2. The van der Waals surface area contributed by atoms with Crippen LogP contribution in [0.5, 0.6) is 0 Å². The Morgan fingerprint density at radius 3 is 1.61 bits per heavy atom. The van der Waals surface area contributed by atoms with Crippen molar-refractivity contribution < 1.29 is 25.4 Å². The summed E-state index contributed by atoms with van der Waals surface area (Å²) < 4.78 is 60.4. The van der Waals surface area contributed by atoms with Gasteiger partial charge in [0.1, 0.15) is 9.79 Å². The van der Waals surface area contributed by atoms with Crippen LogP contribution in [-0.4, -0.2) is 28.8 Å². The van der Waals surface area contributed by atoms with E-state index in [0.717, 1.165) is 5.56 Å². The zero-order chi connectivity index (χ0) is 26.8. The Kier molecular flexibility index (Phi) is 8.67. The Bertz CT molecular complexity index is 1590. The molecular weight excluding hydrogens is 524 g/mol. The van der Waals surface area contributed by atoms with Crippen molar-refractivity contribution >= 4 is 32.2 Å². The third-order valence-electron chi connectivity index (χ3n) is 5.46. The highest BCUT2D eigenvalue weighted by molar-refractivity contribution is 7.87. The van der Waals surface area contributed by atoms with Gasteiger partial charge in [-0.15, -0.1) is 0 Å². The highest BCUT2D eigenvalue weighted by atomic mass is 32.2. The topological polar surface area (TPSA) is 111 Å². The van der Waals surface area contributed by atoms with Gasteiger partial charge in [-0.2, -0.15) is 16.8 Å². The smallest absolute Gasteiger partial charge is 0.265 e. The lowest BCUT2D eigenvalue weighted by atomic mass is 9.88. The fraction of sp³-hybridized carbons (Fsp3) is 0.0714. The van der Waals surface area contributed by atoms with Crippen LogP contribution in [0.25, 0.3) is 0 Å². The van der Waals surface area contributed by atoms with Gasteiger partial charge in [0, 0.05) is 17.7 Å². The van der Waals surface area contributed by atoms with Gasteiger partial charge in [0.2, 0.25) is 0 Å². The van der Waals surface area contributed by atoms with Crippen LogP contribution in [0.15, 0.2) is 141 Å². The average Bonchev–Trinajstić information content (AvgIpc) is 2.96. The van der Waals surface area contributed by atoms with Crippen LogP contribution in [-0.2, 0) is 28.8 Å².